The van der Waals surface area contributed by atoms with E-state index < -0.39 is 0 Å². The van der Waals surface area contributed by atoms with Crippen LogP contribution in [-0.2, 0) is 0 Å². The summed E-state index contributed by atoms with van der Waals surface area (Å²) in [7, 11) is 0. The van der Waals surface area contributed by atoms with Gasteiger partial charge in [-0.1, -0.05) is 33.6 Å². The lowest BCUT2D eigenvalue weighted by atomic mass is 10.0. The Morgan fingerprint density at radius 3 is 2.50 bits per heavy atom. The molecule has 0 spiro atoms. The van der Waals surface area contributed by atoms with E-state index in [1.165, 1.54) is 0 Å². The summed E-state index contributed by atoms with van der Waals surface area (Å²) < 4.78 is 1.04. The Labute approximate surface area is 93.6 Å². The maximum atomic E-state index is 9.80. The van der Waals surface area contributed by atoms with Crippen molar-refractivity contribution in [2.75, 3.05) is 0 Å². The Morgan fingerprint density at radius 2 is 2.00 bits per heavy atom. The molecule has 1 aromatic rings. The van der Waals surface area contributed by atoms with Gasteiger partial charge in [0.2, 0.25) is 0 Å². The average molecular weight is 255 g/mol. The van der Waals surface area contributed by atoms with Crippen LogP contribution >= 0.6 is 15.9 Å². The van der Waals surface area contributed by atoms with Gasteiger partial charge < -0.3 is 5.11 Å². The van der Waals surface area contributed by atoms with E-state index in [1.807, 2.05) is 31.2 Å². The van der Waals surface area contributed by atoms with Crippen molar-refractivity contribution in [2.45, 2.75) is 25.9 Å². The van der Waals surface area contributed by atoms with Gasteiger partial charge in [0.05, 0.1) is 6.10 Å². The molecule has 1 atom stereocenters. The summed E-state index contributed by atoms with van der Waals surface area (Å²) in [6.07, 6.45) is 1.24. The summed E-state index contributed by atoms with van der Waals surface area (Å²) in [4.78, 5) is 0. The first-order valence-corrected chi connectivity index (χ1v) is 5.47. The van der Waals surface area contributed by atoms with E-state index in [0.717, 1.165) is 28.5 Å². The zero-order valence-electron chi connectivity index (χ0n) is 8.33. The number of allylic oxidation sites excluding steroid dienone is 1. The minimum Gasteiger partial charge on any atom is -0.388 e. The van der Waals surface area contributed by atoms with Crippen molar-refractivity contribution in [1.29, 1.82) is 0 Å². The first kappa shape index (κ1) is 11.5. The number of aliphatic hydroxyl groups is 1. The van der Waals surface area contributed by atoms with Crippen LogP contribution in [0.2, 0.25) is 0 Å². The fourth-order valence-corrected chi connectivity index (χ4v) is 1.50. The van der Waals surface area contributed by atoms with E-state index in [4.69, 9.17) is 0 Å². The SMILES string of the molecule is C=C(C)CCC(O)c1ccc(Br)cc1. The predicted molar refractivity (Wildman–Crippen MR) is 63.1 cm³/mol. The molecule has 0 saturated heterocycles. The Balaban J connectivity index is 2.56. The number of rotatable bonds is 4. The quantitative estimate of drug-likeness (QED) is 0.810. The summed E-state index contributed by atoms with van der Waals surface area (Å²) in [5, 5.41) is 9.80. The van der Waals surface area contributed by atoms with Gasteiger partial charge in [-0.05, 0) is 37.5 Å². The third-order valence-corrected chi connectivity index (χ3v) is 2.63. The van der Waals surface area contributed by atoms with Crippen LogP contribution < -0.4 is 0 Å². The molecule has 0 heterocycles. The van der Waals surface area contributed by atoms with Crippen LogP contribution in [0.1, 0.15) is 31.4 Å². The van der Waals surface area contributed by atoms with Crippen molar-refractivity contribution >= 4 is 15.9 Å². The number of halogens is 1. The highest BCUT2D eigenvalue weighted by molar-refractivity contribution is 9.10. The van der Waals surface area contributed by atoms with Crippen molar-refractivity contribution in [3.05, 3.63) is 46.5 Å². The third-order valence-electron chi connectivity index (χ3n) is 2.10. The molecule has 0 aliphatic heterocycles. The second kappa shape index (κ2) is 5.32. The van der Waals surface area contributed by atoms with Gasteiger partial charge in [0, 0.05) is 4.47 Å². The molecule has 0 radical (unpaired) electrons. The van der Waals surface area contributed by atoms with Crippen molar-refractivity contribution in [1.82, 2.24) is 0 Å². The smallest absolute Gasteiger partial charge is 0.0793 e. The molecule has 1 aromatic carbocycles. The molecule has 0 aliphatic rings. The number of hydrogen-bond donors (Lipinski definition) is 1. The Hall–Kier alpha value is -0.600. The molecule has 0 aliphatic carbocycles. The van der Waals surface area contributed by atoms with Crippen LogP contribution in [-0.4, -0.2) is 5.11 Å². The monoisotopic (exact) mass is 254 g/mol. The van der Waals surface area contributed by atoms with Gasteiger partial charge >= 0.3 is 0 Å². The van der Waals surface area contributed by atoms with Crippen LogP contribution in [0.4, 0.5) is 0 Å². The second-order valence-electron chi connectivity index (χ2n) is 3.56. The number of benzene rings is 1. The van der Waals surface area contributed by atoms with E-state index in [-0.39, 0.29) is 6.10 Å². The maximum absolute atomic E-state index is 9.80. The molecule has 1 N–H and O–H groups in total. The van der Waals surface area contributed by atoms with Crippen LogP contribution in [0.5, 0.6) is 0 Å². The Morgan fingerprint density at radius 1 is 1.43 bits per heavy atom. The van der Waals surface area contributed by atoms with Gasteiger partial charge in [0.25, 0.3) is 0 Å². The average Bonchev–Trinajstić information content (AvgIpc) is 2.15. The molecule has 0 saturated carbocycles. The number of aliphatic hydroxyl groups excluding tert-OH is 1. The van der Waals surface area contributed by atoms with E-state index >= 15 is 0 Å². The molecule has 1 unspecified atom stereocenters. The van der Waals surface area contributed by atoms with E-state index in [2.05, 4.69) is 22.5 Å². The largest absolute Gasteiger partial charge is 0.388 e. The van der Waals surface area contributed by atoms with Gasteiger partial charge in [0.15, 0.2) is 0 Å². The first-order valence-electron chi connectivity index (χ1n) is 4.67. The lowest BCUT2D eigenvalue weighted by molar-refractivity contribution is 0.168. The van der Waals surface area contributed by atoms with Gasteiger partial charge in [-0.15, -0.1) is 6.58 Å². The highest BCUT2D eigenvalue weighted by Crippen LogP contribution is 2.21. The molecule has 76 valence electrons. The fraction of sp³-hybridized carbons (Fsp3) is 0.333. The van der Waals surface area contributed by atoms with Crippen LogP contribution in [0.15, 0.2) is 40.9 Å². The molecule has 1 nitrogen and oxygen atoms in total. The highest BCUT2D eigenvalue weighted by atomic mass is 79.9. The predicted octanol–water partition coefficient (Wildman–Crippen LogP) is 3.84. The molecule has 0 amide bonds. The first-order chi connectivity index (χ1) is 6.59. The fourth-order valence-electron chi connectivity index (χ4n) is 1.23. The maximum Gasteiger partial charge on any atom is 0.0793 e. The van der Waals surface area contributed by atoms with Crippen molar-refractivity contribution < 1.29 is 5.11 Å². The standard InChI is InChI=1S/C12H15BrO/c1-9(2)3-8-12(14)10-4-6-11(13)7-5-10/h4-7,12,14H,1,3,8H2,2H3. The molecule has 2 heteroatoms. The Kier molecular flexibility index (Phi) is 4.36. The highest BCUT2D eigenvalue weighted by Gasteiger charge is 2.06. The van der Waals surface area contributed by atoms with Crippen LogP contribution in [0.3, 0.4) is 0 Å². The topological polar surface area (TPSA) is 20.2 Å². The van der Waals surface area contributed by atoms with Gasteiger partial charge in [-0.25, -0.2) is 0 Å². The van der Waals surface area contributed by atoms with Gasteiger partial charge in [0.1, 0.15) is 0 Å². The molecule has 0 aromatic heterocycles. The van der Waals surface area contributed by atoms with Gasteiger partial charge in [-0.2, -0.15) is 0 Å². The molecule has 1 rings (SSSR count). The second-order valence-corrected chi connectivity index (χ2v) is 4.48. The lowest BCUT2D eigenvalue weighted by Gasteiger charge is -2.10. The van der Waals surface area contributed by atoms with E-state index in [1.54, 1.807) is 0 Å². The van der Waals surface area contributed by atoms with Crippen LogP contribution in [0, 0.1) is 0 Å². The summed E-state index contributed by atoms with van der Waals surface area (Å²) >= 11 is 3.36. The van der Waals surface area contributed by atoms with Crippen LogP contribution in [0.25, 0.3) is 0 Å². The van der Waals surface area contributed by atoms with Crippen molar-refractivity contribution in [2.24, 2.45) is 0 Å². The molecular weight excluding hydrogens is 240 g/mol. The zero-order valence-corrected chi connectivity index (χ0v) is 9.92. The van der Waals surface area contributed by atoms with Gasteiger partial charge in [-0.3, -0.25) is 0 Å². The molecule has 0 fully saturated rings. The van der Waals surface area contributed by atoms with Crippen molar-refractivity contribution in [3.8, 4) is 0 Å². The zero-order chi connectivity index (χ0) is 10.6. The van der Waals surface area contributed by atoms with E-state index in [0.29, 0.717) is 0 Å². The molecular formula is C12H15BrO. The normalized spacial score (nSPS) is 12.5. The van der Waals surface area contributed by atoms with Crippen molar-refractivity contribution in [3.63, 3.8) is 0 Å². The third kappa shape index (κ3) is 3.64. The number of hydrogen-bond acceptors (Lipinski definition) is 1. The summed E-state index contributed by atoms with van der Waals surface area (Å²) in [5.74, 6) is 0. The summed E-state index contributed by atoms with van der Waals surface area (Å²) in [6, 6.07) is 7.76. The molecule has 0 bridgehead atoms. The lowest BCUT2D eigenvalue weighted by Crippen LogP contribution is -1.97. The Bertz CT molecular complexity index is 303. The minimum atomic E-state index is -0.375. The minimum absolute atomic E-state index is 0.375. The molecule has 14 heavy (non-hydrogen) atoms. The summed E-state index contributed by atoms with van der Waals surface area (Å²) in [5.41, 5.74) is 2.08. The summed E-state index contributed by atoms with van der Waals surface area (Å²) in [6.45, 7) is 5.80. The van der Waals surface area contributed by atoms with E-state index in [9.17, 15) is 5.11 Å².